The summed E-state index contributed by atoms with van der Waals surface area (Å²) in [6.07, 6.45) is 0. The van der Waals surface area contributed by atoms with Crippen molar-refractivity contribution in [2.24, 2.45) is 0 Å². The molecule has 1 N–H and O–H groups in total. The SMILES string of the molecule is Cc1cccc(N2CCN(CCNC(=O)c3ccc(Cl)cc3)CC2)c1. The van der Waals surface area contributed by atoms with Crippen LogP contribution in [0.15, 0.2) is 48.5 Å². The topological polar surface area (TPSA) is 35.6 Å². The predicted molar refractivity (Wildman–Crippen MR) is 104 cm³/mol. The lowest BCUT2D eigenvalue weighted by Crippen LogP contribution is -2.48. The Bertz CT molecular complexity index is 709. The number of aryl methyl sites for hydroxylation is 1. The molecule has 0 bridgehead atoms. The largest absolute Gasteiger partial charge is 0.369 e. The molecule has 0 saturated carbocycles. The maximum Gasteiger partial charge on any atom is 0.251 e. The maximum atomic E-state index is 12.1. The van der Waals surface area contributed by atoms with Crippen LogP contribution in [0.1, 0.15) is 15.9 Å². The molecule has 25 heavy (non-hydrogen) atoms. The summed E-state index contributed by atoms with van der Waals surface area (Å²) in [5.74, 6) is -0.0462. The Labute approximate surface area is 154 Å². The second-order valence-electron chi connectivity index (χ2n) is 6.43. The number of nitrogens with one attached hydrogen (secondary N) is 1. The molecular formula is C20H24ClN3O. The molecule has 4 nitrogen and oxygen atoms in total. The van der Waals surface area contributed by atoms with Gasteiger partial charge in [-0.05, 0) is 48.9 Å². The lowest BCUT2D eigenvalue weighted by molar-refractivity contribution is 0.0948. The highest BCUT2D eigenvalue weighted by molar-refractivity contribution is 6.30. The summed E-state index contributed by atoms with van der Waals surface area (Å²) >= 11 is 5.84. The molecule has 3 rings (SSSR count). The van der Waals surface area contributed by atoms with Crippen molar-refractivity contribution in [1.29, 1.82) is 0 Å². The minimum Gasteiger partial charge on any atom is -0.369 e. The normalized spacial score (nSPS) is 15.2. The summed E-state index contributed by atoms with van der Waals surface area (Å²) in [6.45, 7) is 7.74. The second-order valence-corrected chi connectivity index (χ2v) is 6.87. The summed E-state index contributed by atoms with van der Waals surface area (Å²) in [4.78, 5) is 16.9. The van der Waals surface area contributed by atoms with Gasteiger partial charge in [-0.1, -0.05) is 23.7 Å². The van der Waals surface area contributed by atoms with E-state index >= 15 is 0 Å². The summed E-state index contributed by atoms with van der Waals surface area (Å²) in [6, 6.07) is 15.6. The van der Waals surface area contributed by atoms with Gasteiger partial charge in [-0.15, -0.1) is 0 Å². The highest BCUT2D eigenvalue weighted by atomic mass is 35.5. The van der Waals surface area contributed by atoms with Gasteiger partial charge in [-0.25, -0.2) is 0 Å². The van der Waals surface area contributed by atoms with E-state index in [9.17, 15) is 4.79 Å². The number of hydrogen-bond acceptors (Lipinski definition) is 3. The van der Waals surface area contributed by atoms with Gasteiger partial charge in [0.2, 0.25) is 0 Å². The number of hydrogen-bond donors (Lipinski definition) is 1. The van der Waals surface area contributed by atoms with Crippen LogP contribution in [-0.2, 0) is 0 Å². The molecule has 1 aliphatic heterocycles. The van der Waals surface area contributed by atoms with Crippen LogP contribution in [-0.4, -0.2) is 50.1 Å². The third-order valence-electron chi connectivity index (χ3n) is 4.56. The summed E-state index contributed by atoms with van der Waals surface area (Å²) in [5.41, 5.74) is 3.24. The van der Waals surface area contributed by atoms with Gasteiger partial charge in [0.25, 0.3) is 5.91 Å². The maximum absolute atomic E-state index is 12.1. The van der Waals surface area contributed by atoms with E-state index in [1.807, 2.05) is 0 Å². The minimum atomic E-state index is -0.0462. The van der Waals surface area contributed by atoms with Crippen LogP contribution in [0.3, 0.4) is 0 Å². The van der Waals surface area contributed by atoms with E-state index in [2.05, 4.69) is 46.3 Å². The molecule has 1 saturated heterocycles. The van der Waals surface area contributed by atoms with Crippen LogP contribution < -0.4 is 10.2 Å². The number of piperazine rings is 1. The van der Waals surface area contributed by atoms with Crippen molar-refractivity contribution < 1.29 is 4.79 Å². The summed E-state index contributed by atoms with van der Waals surface area (Å²) < 4.78 is 0. The Morgan fingerprint density at radius 3 is 2.48 bits per heavy atom. The van der Waals surface area contributed by atoms with Gasteiger partial charge in [0, 0.05) is 55.5 Å². The van der Waals surface area contributed by atoms with Gasteiger partial charge in [-0.2, -0.15) is 0 Å². The van der Waals surface area contributed by atoms with Gasteiger partial charge in [0.15, 0.2) is 0 Å². The molecule has 1 fully saturated rings. The third kappa shape index (κ3) is 4.97. The molecule has 0 spiro atoms. The Morgan fingerprint density at radius 2 is 1.80 bits per heavy atom. The van der Waals surface area contributed by atoms with Crippen LogP contribution in [0.4, 0.5) is 5.69 Å². The summed E-state index contributed by atoms with van der Waals surface area (Å²) in [5, 5.41) is 3.62. The van der Waals surface area contributed by atoms with Gasteiger partial charge in [0.05, 0.1) is 0 Å². The molecule has 0 atom stereocenters. The average molecular weight is 358 g/mol. The van der Waals surface area contributed by atoms with Crippen LogP contribution in [0.5, 0.6) is 0 Å². The third-order valence-corrected chi connectivity index (χ3v) is 4.81. The molecule has 2 aromatic carbocycles. The van der Waals surface area contributed by atoms with Gasteiger partial charge < -0.3 is 10.2 Å². The highest BCUT2D eigenvalue weighted by Gasteiger charge is 2.17. The number of benzene rings is 2. The number of carbonyl (C=O) groups is 1. The van der Waals surface area contributed by atoms with E-state index in [4.69, 9.17) is 11.6 Å². The van der Waals surface area contributed by atoms with Crippen LogP contribution >= 0.6 is 11.6 Å². The standard InChI is InChI=1S/C20H24ClN3O/c1-16-3-2-4-19(15-16)24-13-11-23(12-14-24)10-9-22-20(25)17-5-7-18(21)8-6-17/h2-8,15H,9-14H2,1H3,(H,22,25). The fourth-order valence-electron chi connectivity index (χ4n) is 3.09. The first-order valence-electron chi connectivity index (χ1n) is 8.69. The predicted octanol–water partition coefficient (Wildman–Crippen LogP) is 3.20. The molecule has 0 unspecified atom stereocenters. The van der Waals surface area contributed by atoms with Crippen LogP contribution in [0.2, 0.25) is 5.02 Å². The van der Waals surface area contributed by atoms with Gasteiger partial charge in [0.1, 0.15) is 0 Å². The van der Waals surface area contributed by atoms with Crippen molar-refractivity contribution in [2.75, 3.05) is 44.2 Å². The molecule has 1 aliphatic rings. The van der Waals surface area contributed by atoms with E-state index in [1.54, 1.807) is 24.3 Å². The van der Waals surface area contributed by atoms with E-state index in [-0.39, 0.29) is 5.91 Å². The number of nitrogens with zero attached hydrogens (tertiary/aromatic N) is 2. The molecule has 132 valence electrons. The lowest BCUT2D eigenvalue weighted by atomic mass is 10.2. The van der Waals surface area contributed by atoms with Crippen LogP contribution in [0, 0.1) is 6.92 Å². The zero-order valence-electron chi connectivity index (χ0n) is 14.5. The second kappa shape index (κ2) is 8.37. The number of anilines is 1. The Balaban J connectivity index is 1.40. The fraction of sp³-hybridized carbons (Fsp3) is 0.350. The van der Waals surface area contributed by atoms with Crippen LogP contribution in [0.25, 0.3) is 0 Å². The van der Waals surface area contributed by atoms with Crippen molar-refractivity contribution >= 4 is 23.2 Å². The van der Waals surface area contributed by atoms with E-state index in [0.717, 1.165) is 32.7 Å². The number of amides is 1. The van der Waals surface area contributed by atoms with Gasteiger partial charge >= 0.3 is 0 Å². The van der Waals surface area contributed by atoms with E-state index < -0.39 is 0 Å². The smallest absolute Gasteiger partial charge is 0.251 e. The average Bonchev–Trinajstić information content (AvgIpc) is 2.63. The number of halogens is 1. The Hall–Kier alpha value is -2.04. The van der Waals surface area contributed by atoms with E-state index in [0.29, 0.717) is 17.1 Å². The summed E-state index contributed by atoms with van der Waals surface area (Å²) in [7, 11) is 0. The first kappa shape index (κ1) is 17.8. The molecule has 0 aromatic heterocycles. The highest BCUT2D eigenvalue weighted by Crippen LogP contribution is 2.17. The minimum absolute atomic E-state index is 0.0462. The Morgan fingerprint density at radius 1 is 1.08 bits per heavy atom. The Kier molecular flexibility index (Phi) is 5.95. The molecular weight excluding hydrogens is 334 g/mol. The van der Waals surface area contributed by atoms with E-state index in [1.165, 1.54) is 11.3 Å². The number of rotatable bonds is 5. The molecule has 2 aromatic rings. The molecule has 0 radical (unpaired) electrons. The molecule has 1 amide bonds. The lowest BCUT2D eigenvalue weighted by Gasteiger charge is -2.36. The molecule has 1 heterocycles. The van der Waals surface area contributed by atoms with Crippen molar-refractivity contribution in [3.63, 3.8) is 0 Å². The van der Waals surface area contributed by atoms with Crippen molar-refractivity contribution in [3.8, 4) is 0 Å². The van der Waals surface area contributed by atoms with Gasteiger partial charge in [-0.3, -0.25) is 9.69 Å². The molecule has 5 heteroatoms. The zero-order chi connectivity index (χ0) is 17.6. The van der Waals surface area contributed by atoms with Crippen molar-refractivity contribution in [2.45, 2.75) is 6.92 Å². The zero-order valence-corrected chi connectivity index (χ0v) is 15.3. The monoisotopic (exact) mass is 357 g/mol. The first-order valence-corrected chi connectivity index (χ1v) is 9.07. The first-order chi connectivity index (χ1) is 12.1. The molecule has 0 aliphatic carbocycles. The fourth-order valence-corrected chi connectivity index (χ4v) is 3.21. The van der Waals surface area contributed by atoms with Crippen molar-refractivity contribution in [3.05, 3.63) is 64.7 Å². The number of carbonyl (C=O) groups excluding carboxylic acids is 1. The van der Waals surface area contributed by atoms with Crippen molar-refractivity contribution in [1.82, 2.24) is 10.2 Å². The quantitative estimate of drug-likeness (QED) is 0.892.